The smallest absolute Gasteiger partial charge is 0.305 e. The average molecular weight is 374 g/mol. The van der Waals surface area contributed by atoms with Gasteiger partial charge in [-0.05, 0) is 38.8 Å². The van der Waals surface area contributed by atoms with Crippen LogP contribution in [-0.2, 0) is 9.53 Å². The fourth-order valence-corrected chi connectivity index (χ4v) is 3.01. The second-order valence-corrected chi connectivity index (χ2v) is 7.31. The van der Waals surface area contributed by atoms with Crippen molar-refractivity contribution in [2.75, 3.05) is 39.5 Å². The van der Waals surface area contributed by atoms with Crippen LogP contribution in [0.4, 0.5) is 0 Å². The van der Waals surface area contributed by atoms with Crippen LogP contribution in [-0.4, -0.2) is 60.5 Å². The van der Waals surface area contributed by atoms with Gasteiger partial charge >= 0.3 is 5.97 Å². The minimum Gasteiger partial charge on any atom is -0.465 e. The Labute approximate surface area is 161 Å². The van der Waals surface area contributed by atoms with E-state index in [0.717, 1.165) is 58.2 Å². The second kappa shape index (κ2) is 19.1. The normalized spacial score (nSPS) is 12.5. The Bertz CT molecular complexity index is 312. The van der Waals surface area contributed by atoms with Crippen molar-refractivity contribution < 1.29 is 19.7 Å². The molecule has 0 rings (SSSR count). The quantitative estimate of drug-likeness (QED) is 0.266. The van der Waals surface area contributed by atoms with Gasteiger partial charge in [0.1, 0.15) is 0 Å². The molecule has 0 aliphatic carbocycles. The molecular weight excluding hydrogens is 330 g/mol. The number of nitrogens with zero attached hydrogens (tertiary/aromatic N) is 1. The van der Waals surface area contributed by atoms with Gasteiger partial charge in [-0.1, -0.05) is 52.4 Å². The molecule has 0 fully saturated rings. The first kappa shape index (κ1) is 25.4. The Hall–Kier alpha value is -0.650. The highest BCUT2D eigenvalue weighted by Crippen LogP contribution is 2.11. The van der Waals surface area contributed by atoms with Crippen LogP contribution in [0, 0.1) is 5.92 Å². The van der Waals surface area contributed by atoms with E-state index >= 15 is 0 Å². The Kier molecular flexibility index (Phi) is 18.6. The molecule has 0 bridgehead atoms. The van der Waals surface area contributed by atoms with Crippen LogP contribution in [0.5, 0.6) is 0 Å². The lowest BCUT2D eigenvalue weighted by molar-refractivity contribution is -0.145. The van der Waals surface area contributed by atoms with Gasteiger partial charge < -0.3 is 19.8 Å². The number of ether oxygens (including phenoxy) is 1. The zero-order chi connectivity index (χ0) is 19.5. The summed E-state index contributed by atoms with van der Waals surface area (Å²) in [6.07, 6.45) is 11.4. The molecule has 26 heavy (non-hydrogen) atoms. The van der Waals surface area contributed by atoms with Crippen molar-refractivity contribution in [3.63, 3.8) is 0 Å². The summed E-state index contributed by atoms with van der Waals surface area (Å²) in [4.78, 5) is 14.1. The summed E-state index contributed by atoms with van der Waals surface area (Å²) in [5.74, 6) is -0.0883. The fourth-order valence-electron chi connectivity index (χ4n) is 3.01. The third kappa shape index (κ3) is 15.6. The van der Waals surface area contributed by atoms with Gasteiger partial charge in [-0.15, -0.1) is 0 Å². The molecule has 0 aliphatic heterocycles. The molecule has 0 heterocycles. The zero-order valence-electron chi connectivity index (χ0n) is 17.3. The van der Waals surface area contributed by atoms with Crippen molar-refractivity contribution in [1.29, 1.82) is 0 Å². The molecule has 0 aromatic carbocycles. The van der Waals surface area contributed by atoms with E-state index in [0.29, 0.717) is 13.0 Å². The van der Waals surface area contributed by atoms with Gasteiger partial charge in [-0.2, -0.15) is 0 Å². The van der Waals surface area contributed by atoms with E-state index in [9.17, 15) is 9.90 Å². The van der Waals surface area contributed by atoms with Crippen molar-refractivity contribution in [1.82, 2.24) is 4.90 Å². The van der Waals surface area contributed by atoms with Crippen molar-refractivity contribution in [2.45, 2.75) is 84.5 Å². The van der Waals surface area contributed by atoms with Crippen molar-refractivity contribution in [2.24, 2.45) is 5.92 Å². The minimum absolute atomic E-state index is 0.0426. The molecule has 156 valence electrons. The van der Waals surface area contributed by atoms with Crippen molar-refractivity contribution in [3.05, 3.63) is 0 Å². The summed E-state index contributed by atoms with van der Waals surface area (Å²) in [5, 5.41) is 18.6. The largest absolute Gasteiger partial charge is 0.465 e. The molecule has 0 aromatic rings. The maximum Gasteiger partial charge on any atom is 0.305 e. The number of carbonyl (C=O) groups excluding carboxylic acids is 1. The van der Waals surface area contributed by atoms with Gasteiger partial charge in [0, 0.05) is 25.5 Å². The van der Waals surface area contributed by atoms with E-state index in [1.807, 2.05) is 0 Å². The van der Waals surface area contributed by atoms with Gasteiger partial charge in [0.25, 0.3) is 0 Å². The molecule has 5 nitrogen and oxygen atoms in total. The number of aliphatic hydroxyl groups is 2. The summed E-state index contributed by atoms with van der Waals surface area (Å²) in [7, 11) is 0. The minimum atomic E-state index is -0.131. The molecule has 1 atom stereocenters. The van der Waals surface area contributed by atoms with E-state index in [-0.39, 0.29) is 25.1 Å². The third-order valence-corrected chi connectivity index (χ3v) is 4.80. The van der Waals surface area contributed by atoms with Gasteiger partial charge in [-0.3, -0.25) is 4.79 Å². The van der Waals surface area contributed by atoms with Crippen LogP contribution in [0.3, 0.4) is 0 Å². The number of hydrogen-bond acceptors (Lipinski definition) is 5. The van der Waals surface area contributed by atoms with E-state index in [1.54, 1.807) is 0 Å². The number of esters is 1. The summed E-state index contributed by atoms with van der Waals surface area (Å²) < 4.78 is 5.33. The highest BCUT2D eigenvalue weighted by atomic mass is 16.5. The SMILES string of the molecule is CCCCCCCC(=O)OCC(CO)CCCCN(CCO)CCCC. The monoisotopic (exact) mass is 373 g/mol. The number of rotatable bonds is 19. The average Bonchev–Trinajstić information content (AvgIpc) is 2.65. The maximum absolute atomic E-state index is 11.8. The molecule has 0 aliphatic rings. The topological polar surface area (TPSA) is 70.0 Å². The molecule has 1 unspecified atom stereocenters. The van der Waals surface area contributed by atoms with Gasteiger partial charge in [0.05, 0.1) is 13.2 Å². The molecule has 0 spiro atoms. The maximum atomic E-state index is 11.8. The second-order valence-electron chi connectivity index (χ2n) is 7.31. The molecule has 0 radical (unpaired) electrons. The van der Waals surface area contributed by atoms with Gasteiger partial charge in [-0.25, -0.2) is 0 Å². The Morgan fingerprint density at radius 1 is 0.885 bits per heavy atom. The van der Waals surface area contributed by atoms with E-state index in [1.165, 1.54) is 25.7 Å². The highest BCUT2D eigenvalue weighted by molar-refractivity contribution is 5.69. The molecular formula is C21H43NO4. The van der Waals surface area contributed by atoms with Crippen LogP contribution in [0.2, 0.25) is 0 Å². The zero-order valence-corrected chi connectivity index (χ0v) is 17.3. The fraction of sp³-hybridized carbons (Fsp3) is 0.952. The van der Waals surface area contributed by atoms with E-state index < -0.39 is 0 Å². The Morgan fingerprint density at radius 3 is 2.23 bits per heavy atom. The van der Waals surface area contributed by atoms with Crippen LogP contribution in [0.1, 0.15) is 84.5 Å². The number of aliphatic hydroxyl groups excluding tert-OH is 2. The molecule has 2 N–H and O–H groups in total. The number of carbonyl (C=O) groups is 1. The summed E-state index contributed by atoms with van der Waals surface area (Å²) in [6, 6.07) is 0. The van der Waals surface area contributed by atoms with E-state index in [2.05, 4.69) is 18.7 Å². The van der Waals surface area contributed by atoms with Crippen LogP contribution in [0.15, 0.2) is 0 Å². The Morgan fingerprint density at radius 2 is 1.58 bits per heavy atom. The van der Waals surface area contributed by atoms with Gasteiger partial charge in [0.15, 0.2) is 0 Å². The predicted octanol–water partition coefficient (Wildman–Crippen LogP) is 3.76. The third-order valence-electron chi connectivity index (χ3n) is 4.80. The first-order chi connectivity index (χ1) is 12.7. The summed E-state index contributed by atoms with van der Waals surface area (Å²) in [5.41, 5.74) is 0. The molecule has 0 saturated heterocycles. The first-order valence-corrected chi connectivity index (χ1v) is 10.8. The van der Waals surface area contributed by atoms with E-state index in [4.69, 9.17) is 9.84 Å². The van der Waals surface area contributed by atoms with Crippen molar-refractivity contribution in [3.8, 4) is 0 Å². The lowest BCUT2D eigenvalue weighted by Gasteiger charge is -2.21. The van der Waals surface area contributed by atoms with Crippen LogP contribution in [0.25, 0.3) is 0 Å². The molecule has 0 saturated carbocycles. The molecule has 0 amide bonds. The standard InChI is InChI=1S/C21H43NO4/c1-3-5-7-8-9-13-21(25)26-19-20(18-24)12-10-11-15-22(16-17-23)14-6-4-2/h20,23-24H,3-19H2,1-2H3. The summed E-state index contributed by atoms with van der Waals surface area (Å²) in [6.45, 7) is 7.72. The van der Waals surface area contributed by atoms with Crippen LogP contribution >= 0.6 is 0 Å². The summed E-state index contributed by atoms with van der Waals surface area (Å²) >= 11 is 0. The van der Waals surface area contributed by atoms with Gasteiger partial charge in [0.2, 0.25) is 0 Å². The Balaban J connectivity index is 3.78. The van der Waals surface area contributed by atoms with Crippen molar-refractivity contribution >= 4 is 5.97 Å². The number of unbranched alkanes of at least 4 members (excludes halogenated alkanes) is 6. The van der Waals surface area contributed by atoms with Crippen LogP contribution < -0.4 is 0 Å². The lowest BCUT2D eigenvalue weighted by Crippen LogP contribution is -2.29. The number of hydrogen-bond donors (Lipinski definition) is 2. The molecule has 0 aromatic heterocycles. The lowest BCUT2D eigenvalue weighted by atomic mass is 10.0. The molecule has 5 heteroatoms. The predicted molar refractivity (Wildman–Crippen MR) is 107 cm³/mol. The first-order valence-electron chi connectivity index (χ1n) is 10.8. The highest BCUT2D eigenvalue weighted by Gasteiger charge is 2.12.